The lowest BCUT2D eigenvalue weighted by atomic mass is 10.2. The SMILES string of the molecule is COc1ccc(Sc2ccccc2C(N)=O)cc1. The van der Waals surface area contributed by atoms with Crippen molar-refractivity contribution in [2.75, 3.05) is 7.11 Å². The van der Waals surface area contributed by atoms with Crippen molar-refractivity contribution >= 4 is 17.7 Å². The molecule has 0 saturated heterocycles. The number of hydrogen-bond donors (Lipinski definition) is 1. The second kappa shape index (κ2) is 5.60. The first kappa shape index (κ1) is 12.5. The minimum Gasteiger partial charge on any atom is -0.497 e. The average molecular weight is 259 g/mol. The van der Waals surface area contributed by atoms with Crippen LogP contribution in [0.4, 0.5) is 0 Å². The van der Waals surface area contributed by atoms with E-state index in [0.717, 1.165) is 15.5 Å². The van der Waals surface area contributed by atoms with E-state index in [-0.39, 0.29) is 0 Å². The van der Waals surface area contributed by atoms with Gasteiger partial charge in [0.2, 0.25) is 5.91 Å². The molecule has 0 unspecified atom stereocenters. The van der Waals surface area contributed by atoms with Crippen molar-refractivity contribution in [1.29, 1.82) is 0 Å². The maximum atomic E-state index is 11.3. The van der Waals surface area contributed by atoms with Crippen molar-refractivity contribution in [2.24, 2.45) is 5.73 Å². The van der Waals surface area contributed by atoms with Gasteiger partial charge in [0.1, 0.15) is 5.75 Å². The summed E-state index contributed by atoms with van der Waals surface area (Å²) in [6, 6.07) is 15.0. The minimum atomic E-state index is -0.411. The van der Waals surface area contributed by atoms with Crippen LogP contribution in [0.1, 0.15) is 10.4 Å². The zero-order chi connectivity index (χ0) is 13.0. The van der Waals surface area contributed by atoms with Crippen LogP contribution in [0.3, 0.4) is 0 Å². The summed E-state index contributed by atoms with van der Waals surface area (Å²) in [6.45, 7) is 0. The van der Waals surface area contributed by atoms with E-state index in [0.29, 0.717) is 5.56 Å². The molecule has 0 aliphatic carbocycles. The molecule has 0 aromatic heterocycles. The van der Waals surface area contributed by atoms with Gasteiger partial charge >= 0.3 is 0 Å². The van der Waals surface area contributed by atoms with Gasteiger partial charge in [-0.2, -0.15) is 0 Å². The monoisotopic (exact) mass is 259 g/mol. The van der Waals surface area contributed by atoms with Gasteiger partial charge in [0.05, 0.1) is 12.7 Å². The van der Waals surface area contributed by atoms with Crippen molar-refractivity contribution in [3.8, 4) is 5.75 Å². The number of amides is 1. The van der Waals surface area contributed by atoms with Crippen molar-refractivity contribution in [3.05, 3.63) is 54.1 Å². The third-order valence-electron chi connectivity index (χ3n) is 2.44. The fourth-order valence-corrected chi connectivity index (χ4v) is 2.48. The van der Waals surface area contributed by atoms with Gasteiger partial charge in [0.25, 0.3) is 0 Å². The Hall–Kier alpha value is -1.94. The smallest absolute Gasteiger partial charge is 0.249 e. The molecule has 0 saturated carbocycles. The zero-order valence-corrected chi connectivity index (χ0v) is 10.7. The number of benzene rings is 2. The maximum Gasteiger partial charge on any atom is 0.249 e. The van der Waals surface area contributed by atoms with E-state index in [9.17, 15) is 4.79 Å². The van der Waals surface area contributed by atoms with Crippen molar-refractivity contribution in [1.82, 2.24) is 0 Å². The van der Waals surface area contributed by atoms with Gasteiger partial charge in [0, 0.05) is 9.79 Å². The van der Waals surface area contributed by atoms with E-state index in [2.05, 4.69) is 0 Å². The quantitative estimate of drug-likeness (QED) is 0.918. The summed E-state index contributed by atoms with van der Waals surface area (Å²) in [4.78, 5) is 13.2. The molecular formula is C14H13NO2S. The molecule has 92 valence electrons. The standard InChI is InChI=1S/C14H13NO2S/c1-17-10-6-8-11(9-7-10)18-13-5-3-2-4-12(13)14(15)16/h2-9H,1H3,(H2,15,16). The molecule has 1 amide bonds. The highest BCUT2D eigenvalue weighted by atomic mass is 32.2. The minimum absolute atomic E-state index is 0.411. The fourth-order valence-electron chi connectivity index (χ4n) is 1.53. The average Bonchev–Trinajstić information content (AvgIpc) is 2.40. The number of methoxy groups -OCH3 is 1. The molecule has 2 aromatic carbocycles. The van der Waals surface area contributed by atoms with E-state index >= 15 is 0 Å². The summed E-state index contributed by atoms with van der Waals surface area (Å²) >= 11 is 1.51. The lowest BCUT2D eigenvalue weighted by Crippen LogP contribution is -2.11. The van der Waals surface area contributed by atoms with Crippen LogP contribution in [-0.4, -0.2) is 13.0 Å². The van der Waals surface area contributed by atoms with Gasteiger partial charge in [-0.15, -0.1) is 0 Å². The summed E-state index contributed by atoms with van der Waals surface area (Å²) in [5.41, 5.74) is 5.88. The molecule has 0 spiro atoms. The van der Waals surface area contributed by atoms with Gasteiger partial charge in [-0.3, -0.25) is 4.79 Å². The molecule has 0 atom stereocenters. The first-order chi connectivity index (χ1) is 8.70. The molecule has 0 radical (unpaired) electrons. The van der Waals surface area contributed by atoms with Gasteiger partial charge in [-0.05, 0) is 36.4 Å². The molecule has 2 rings (SSSR count). The Morgan fingerprint density at radius 3 is 2.39 bits per heavy atom. The van der Waals surface area contributed by atoms with Crippen molar-refractivity contribution in [2.45, 2.75) is 9.79 Å². The van der Waals surface area contributed by atoms with Gasteiger partial charge in [-0.25, -0.2) is 0 Å². The lowest BCUT2D eigenvalue weighted by Gasteiger charge is -2.06. The summed E-state index contributed by atoms with van der Waals surface area (Å²) in [7, 11) is 1.63. The maximum absolute atomic E-state index is 11.3. The van der Waals surface area contributed by atoms with Crippen LogP contribution in [0.2, 0.25) is 0 Å². The topological polar surface area (TPSA) is 52.3 Å². The van der Waals surface area contributed by atoms with Crippen LogP contribution in [0.25, 0.3) is 0 Å². The Labute approximate surface area is 110 Å². The fraction of sp³-hybridized carbons (Fsp3) is 0.0714. The number of carbonyl (C=O) groups is 1. The van der Waals surface area contributed by atoms with Crippen LogP contribution >= 0.6 is 11.8 Å². The van der Waals surface area contributed by atoms with Crippen LogP contribution in [0.5, 0.6) is 5.75 Å². The van der Waals surface area contributed by atoms with Crippen molar-refractivity contribution in [3.63, 3.8) is 0 Å². The number of hydrogen-bond acceptors (Lipinski definition) is 3. The predicted molar refractivity (Wildman–Crippen MR) is 72.1 cm³/mol. The molecule has 0 fully saturated rings. The molecule has 0 bridgehead atoms. The molecule has 0 aliphatic heterocycles. The third kappa shape index (κ3) is 2.84. The number of carbonyl (C=O) groups excluding carboxylic acids is 1. The van der Waals surface area contributed by atoms with Gasteiger partial charge in [-0.1, -0.05) is 23.9 Å². The first-order valence-corrected chi connectivity index (χ1v) is 6.23. The van der Waals surface area contributed by atoms with E-state index < -0.39 is 5.91 Å². The van der Waals surface area contributed by atoms with Crippen molar-refractivity contribution < 1.29 is 9.53 Å². The Morgan fingerprint density at radius 2 is 1.78 bits per heavy atom. The van der Waals surface area contributed by atoms with Crippen LogP contribution in [-0.2, 0) is 0 Å². The Balaban J connectivity index is 2.25. The highest BCUT2D eigenvalue weighted by Gasteiger charge is 2.08. The molecule has 3 nitrogen and oxygen atoms in total. The second-order valence-corrected chi connectivity index (χ2v) is 4.75. The van der Waals surface area contributed by atoms with Crippen LogP contribution < -0.4 is 10.5 Å². The number of rotatable bonds is 4. The second-order valence-electron chi connectivity index (χ2n) is 3.64. The van der Waals surface area contributed by atoms with Crippen LogP contribution in [0.15, 0.2) is 58.3 Å². The molecule has 4 heteroatoms. The Kier molecular flexibility index (Phi) is 3.89. The molecule has 2 aromatic rings. The molecule has 0 heterocycles. The normalized spacial score (nSPS) is 10.1. The molecule has 18 heavy (non-hydrogen) atoms. The molecule has 0 aliphatic rings. The highest BCUT2D eigenvalue weighted by molar-refractivity contribution is 7.99. The predicted octanol–water partition coefficient (Wildman–Crippen LogP) is 2.95. The zero-order valence-electron chi connectivity index (χ0n) is 9.92. The largest absolute Gasteiger partial charge is 0.497 e. The summed E-state index contributed by atoms with van der Waals surface area (Å²) in [6.07, 6.45) is 0. The van der Waals surface area contributed by atoms with E-state index in [4.69, 9.17) is 10.5 Å². The summed E-state index contributed by atoms with van der Waals surface area (Å²) in [5.74, 6) is 0.397. The number of ether oxygens (including phenoxy) is 1. The molecular weight excluding hydrogens is 246 g/mol. The Morgan fingerprint density at radius 1 is 1.11 bits per heavy atom. The third-order valence-corrected chi connectivity index (χ3v) is 3.52. The Bertz CT molecular complexity index is 552. The van der Waals surface area contributed by atoms with Gasteiger partial charge < -0.3 is 10.5 Å². The number of primary amides is 1. The van der Waals surface area contributed by atoms with E-state index in [1.54, 1.807) is 19.2 Å². The van der Waals surface area contributed by atoms with Crippen LogP contribution in [0, 0.1) is 0 Å². The summed E-state index contributed by atoms with van der Waals surface area (Å²) in [5, 5.41) is 0. The number of nitrogens with two attached hydrogens (primary N) is 1. The highest BCUT2D eigenvalue weighted by Crippen LogP contribution is 2.31. The van der Waals surface area contributed by atoms with E-state index in [1.807, 2.05) is 36.4 Å². The first-order valence-electron chi connectivity index (χ1n) is 5.41. The lowest BCUT2D eigenvalue weighted by molar-refractivity contribution is 0.0997. The van der Waals surface area contributed by atoms with Gasteiger partial charge in [0.15, 0.2) is 0 Å². The van der Waals surface area contributed by atoms with E-state index in [1.165, 1.54) is 11.8 Å². The summed E-state index contributed by atoms with van der Waals surface area (Å²) < 4.78 is 5.10. The molecule has 2 N–H and O–H groups in total.